The third-order valence-corrected chi connectivity index (χ3v) is 4.26. The molecule has 0 spiro atoms. The van der Waals surface area contributed by atoms with Crippen molar-refractivity contribution in [3.63, 3.8) is 0 Å². The van der Waals surface area contributed by atoms with Crippen LogP contribution in [0.15, 0.2) is 36.7 Å². The van der Waals surface area contributed by atoms with Crippen LogP contribution in [0.3, 0.4) is 0 Å². The van der Waals surface area contributed by atoms with Gasteiger partial charge in [0.05, 0.1) is 14.2 Å². The summed E-state index contributed by atoms with van der Waals surface area (Å²) in [5, 5.41) is 0. The number of methoxy groups -OCH3 is 2. The van der Waals surface area contributed by atoms with Gasteiger partial charge >= 0.3 is 0 Å². The van der Waals surface area contributed by atoms with Gasteiger partial charge in [-0.2, -0.15) is 0 Å². The fourth-order valence-corrected chi connectivity index (χ4v) is 2.97. The molecule has 1 aromatic heterocycles. The molecule has 22 heavy (non-hydrogen) atoms. The van der Waals surface area contributed by atoms with Gasteiger partial charge in [-0.15, -0.1) is 0 Å². The summed E-state index contributed by atoms with van der Waals surface area (Å²) in [5.74, 6) is 1.64. The van der Waals surface area contributed by atoms with Crippen molar-refractivity contribution in [3.05, 3.63) is 53.3 Å². The second-order valence-electron chi connectivity index (χ2n) is 5.61. The van der Waals surface area contributed by atoms with E-state index in [2.05, 4.69) is 34.1 Å². The normalized spacial score (nSPS) is 14.5. The smallest absolute Gasteiger partial charge is 0.161 e. The molecular formula is C18H22N2O2. The molecule has 0 aliphatic carbocycles. The number of pyridine rings is 1. The Morgan fingerprint density at radius 2 is 1.73 bits per heavy atom. The number of rotatable bonds is 5. The monoisotopic (exact) mass is 298 g/mol. The molecule has 0 amide bonds. The van der Waals surface area contributed by atoms with Crippen molar-refractivity contribution >= 4 is 0 Å². The molecule has 1 aromatic carbocycles. The van der Waals surface area contributed by atoms with Gasteiger partial charge in [0.2, 0.25) is 0 Å². The maximum atomic E-state index is 5.42. The maximum absolute atomic E-state index is 5.42. The average molecular weight is 298 g/mol. The van der Waals surface area contributed by atoms with E-state index >= 15 is 0 Å². The van der Waals surface area contributed by atoms with Crippen LogP contribution < -0.4 is 9.47 Å². The molecule has 2 heterocycles. The number of benzene rings is 1. The highest BCUT2D eigenvalue weighted by Crippen LogP contribution is 2.33. The molecule has 0 bridgehead atoms. The summed E-state index contributed by atoms with van der Waals surface area (Å²) in [6, 6.07) is 8.42. The van der Waals surface area contributed by atoms with Crippen molar-refractivity contribution in [2.75, 3.05) is 27.3 Å². The second kappa shape index (κ2) is 6.79. The molecule has 116 valence electrons. The van der Waals surface area contributed by atoms with Gasteiger partial charge in [-0.25, -0.2) is 0 Å². The van der Waals surface area contributed by atoms with Gasteiger partial charge < -0.3 is 9.47 Å². The van der Waals surface area contributed by atoms with Gasteiger partial charge in [-0.05, 0) is 53.8 Å². The zero-order valence-corrected chi connectivity index (χ0v) is 13.2. The fourth-order valence-electron chi connectivity index (χ4n) is 2.97. The van der Waals surface area contributed by atoms with Crippen molar-refractivity contribution in [1.29, 1.82) is 0 Å². The van der Waals surface area contributed by atoms with Crippen LogP contribution in [0.1, 0.15) is 16.7 Å². The summed E-state index contributed by atoms with van der Waals surface area (Å²) >= 11 is 0. The predicted octanol–water partition coefficient (Wildman–Crippen LogP) is 2.70. The van der Waals surface area contributed by atoms with E-state index in [4.69, 9.17) is 9.47 Å². The lowest BCUT2D eigenvalue weighted by Crippen LogP contribution is -2.32. The molecule has 4 nitrogen and oxygen atoms in total. The first-order chi connectivity index (χ1) is 10.8. The number of hydrogen-bond donors (Lipinski definition) is 0. The minimum absolute atomic E-state index is 0.817. The fraction of sp³-hybridized carbons (Fsp3) is 0.389. The van der Waals surface area contributed by atoms with Gasteiger partial charge in [0.15, 0.2) is 11.5 Å². The lowest BCUT2D eigenvalue weighted by Gasteiger charge is -2.29. The van der Waals surface area contributed by atoms with Crippen LogP contribution in [0.2, 0.25) is 0 Å². The number of ether oxygens (including phenoxy) is 2. The summed E-state index contributed by atoms with van der Waals surface area (Å²) in [7, 11) is 3.38. The van der Waals surface area contributed by atoms with Crippen molar-refractivity contribution in [2.24, 2.45) is 0 Å². The molecule has 0 N–H and O–H groups in total. The highest BCUT2D eigenvalue weighted by molar-refractivity contribution is 5.48. The van der Waals surface area contributed by atoms with E-state index in [1.807, 2.05) is 12.4 Å². The van der Waals surface area contributed by atoms with Crippen molar-refractivity contribution in [2.45, 2.75) is 19.4 Å². The molecule has 3 rings (SSSR count). The van der Waals surface area contributed by atoms with E-state index in [0.29, 0.717) is 0 Å². The lowest BCUT2D eigenvalue weighted by atomic mass is 9.98. The van der Waals surface area contributed by atoms with E-state index in [0.717, 1.165) is 44.0 Å². The van der Waals surface area contributed by atoms with Gasteiger partial charge in [0.1, 0.15) is 0 Å². The topological polar surface area (TPSA) is 34.6 Å². The highest BCUT2D eigenvalue weighted by Gasteiger charge is 2.19. The van der Waals surface area contributed by atoms with E-state index in [-0.39, 0.29) is 0 Å². The van der Waals surface area contributed by atoms with Crippen molar-refractivity contribution in [1.82, 2.24) is 9.88 Å². The van der Waals surface area contributed by atoms with Crippen LogP contribution in [-0.4, -0.2) is 37.2 Å². The van der Waals surface area contributed by atoms with Crippen molar-refractivity contribution < 1.29 is 9.47 Å². The molecule has 1 aliphatic rings. The molecule has 1 aliphatic heterocycles. The van der Waals surface area contributed by atoms with E-state index < -0.39 is 0 Å². The quantitative estimate of drug-likeness (QED) is 0.850. The first kappa shape index (κ1) is 14.9. The lowest BCUT2D eigenvalue weighted by molar-refractivity contribution is 0.255. The number of aromatic nitrogens is 1. The van der Waals surface area contributed by atoms with Crippen LogP contribution in [0.5, 0.6) is 11.5 Å². The van der Waals surface area contributed by atoms with E-state index in [9.17, 15) is 0 Å². The Labute approximate surface area is 131 Å². The van der Waals surface area contributed by atoms with Crippen LogP contribution in [0, 0.1) is 0 Å². The summed E-state index contributed by atoms with van der Waals surface area (Å²) in [6.45, 7) is 3.13. The number of fused-ring (bicyclic) bond motifs is 1. The minimum atomic E-state index is 0.817. The van der Waals surface area contributed by atoms with E-state index in [1.165, 1.54) is 16.7 Å². The van der Waals surface area contributed by atoms with Crippen LogP contribution in [0.25, 0.3) is 0 Å². The average Bonchev–Trinajstić information content (AvgIpc) is 2.59. The molecule has 0 saturated carbocycles. The SMILES string of the molecule is COc1cc2c(cc1OC)CN(CCc1ccncc1)CC2. The highest BCUT2D eigenvalue weighted by atomic mass is 16.5. The van der Waals surface area contributed by atoms with Gasteiger partial charge in [-0.1, -0.05) is 0 Å². The third kappa shape index (κ3) is 3.22. The zero-order valence-electron chi connectivity index (χ0n) is 13.2. The molecule has 4 heteroatoms. The van der Waals surface area contributed by atoms with Crippen LogP contribution in [-0.2, 0) is 19.4 Å². The molecule has 0 radical (unpaired) electrons. The summed E-state index contributed by atoms with van der Waals surface area (Å²) < 4.78 is 10.8. The number of hydrogen-bond acceptors (Lipinski definition) is 4. The molecular weight excluding hydrogens is 276 g/mol. The van der Waals surface area contributed by atoms with Gasteiger partial charge in [0, 0.05) is 32.0 Å². The molecule has 0 fully saturated rings. The third-order valence-electron chi connectivity index (χ3n) is 4.26. The minimum Gasteiger partial charge on any atom is -0.493 e. The predicted molar refractivity (Wildman–Crippen MR) is 86.5 cm³/mol. The molecule has 0 saturated heterocycles. The maximum Gasteiger partial charge on any atom is 0.161 e. The summed E-state index contributed by atoms with van der Waals surface area (Å²) in [5.41, 5.74) is 4.06. The molecule has 0 atom stereocenters. The Kier molecular flexibility index (Phi) is 4.59. The Hall–Kier alpha value is -2.07. The largest absolute Gasteiger partial charge is 0.493 e. The van der Waals surface area contributed by atoms with Gasteiger partial charge in [0.25, 0.3) is 0 Å². The standard InChI is InChI=1S/C18H22N2O2/c1-21-17-11-15-6-10-20(13-16(15)12-18(17)22-2)9-5-14-3-7-19-8-4-14/h3-4,7-8,11-12H,5-6,9-10,13H2,1-2H3. The number of nitrogens with zero attached hydrogens (tertiary/aromatic N) is 2. The summed E-state index contributed by atoms with van der Waals surface area (Å²) in [4.78, 5) is 6.56. The zero-order chi connectivity index (χ0) is 15.4. The van der Waals surface area contributed by atoms with Crippen LogP contribution in [0.4, 0.5) is 0 Å². The van der Waals surface area contributed by atoms with E-state index in [1.54, 1.807) is 14.2 Å². The Morgan fingerprint density at radius 3 is 2.41 bits per heavy atom. The Bertz CT molecular complexity index is 628. The molecule has 0 unspecified atom stereocenters. The Morgan fingerprint density at radius 1 is 1.05 bits per heavy atom. The van der Waals surface area contributed by atoms with Crippen molar-refractivity contribution in [3.8, 4) is 11.5 Å². The second-order valence-corrected chi connectivity index (χ2v) is 5.61. The first-order valence-corrected chi connectivity index (χ1v) is 7.65. The molecule has 2 aromatic rings. The first-order valence-electron chi connectivity index (χ1n) is 7.65. The Balaban J connectivity index is 1.68. The van der Waals surface area contributed by atoms with Crippen LogP contribution >= 0.6 is 0 Å². The van der Waals surface area contributed by atoms with Gasteiger partial charge in [-0.3, -0.25) is 9.88 Å². The summed E-state index contributed by atoms with van der Waals surface area (Å²) in [6.07, 6.45) is 5.84.